The summed E-state index contributed by atoms with van der Waals surface area (Å²) < 4.78 is 14.2. The Labute approximate surface area is 113 Å². The molecule has 4 heteroatoms. The molecule has 0 aliphatic carbocycles. The van der Waals surface area contributed by atoms with Crippen LogP contribution >= 0.6 is 11.6 Å². The number of rotatable bonds is 3. The molecule has 1 aromatic rings. The van der Waals surface area contributed by atoms with E-state index < -0.39 is 0 Å². The number of hydrogen-bond acceptors (Lipinski definition) is 2. The monoisotopic (exact) mass is 270 g/mol. The van der Waals surface area contributed by atoms with Crippen LogP contribution in [0.2, 0.25) is 5.02 Å². The van der Waals surface area contributed by atoms with Crippen molar-refractivity contribution >= 4 is 11.6 Å². The third-order valence-electron chi connectivity index (χ3n) is 3.59. The molecule has 1 saturated heterocycles. The molecule has 2 unspecified atom stereocenters. The Bertz CT molecular complexity index is 409. The lowest BCUT2D eigenvalue weighted by molar-refractivity contribution is 0.126. The summed E-state index contributed by atoms with van der Waals surface area (Å²) >= 11 is 5.87. The number of benzene rings is 1. The largest absolute Gasteiger partial charge is 0.326 e. The number of hydrogen-bond donors (Lipinski definition) is 1. The van der Waals surface area contributed by atoms with Crippen LogP contribution in [0.5, 0.6) is 0 Å². The van der Waals surface area contributed by atoms with E-state index in [1.54, 1.807) is 18.2 Å². The SMILES string of the molecule is CCCN1CCCC(N)C1c1cccc(Cl)c1F. The highest BCUT2D eigenvalue weighted by Gasteiger charge is 2.31. The van der Waals surface area contributed by atoms with Crippen LogP contribution in [0.4, 0.5) is 4.39 Å². The van der Waals surface area contributed by atoms with E-state index in [0.29, 0.717) is 5.56 Å². The van der Waals surface area contributed by atoms with Crippen LogP contribution < -0.4 is 5.73 Å². The molecule has 2 atom stereocenters. The second-order valence-corrected chi connectivity index (χ2v) is 5.34. The van der Waals surface area contributed by atoms with Crippen LogP contribution in [0, 0.1) is 5.82 Å². The number of halogens is 2. The molecular formula is C14H20ClFN2. The highest BCUT2D eigenvalue weighted by Crippen LogP contribution is 2.33. The van der Waals surface area contributed by atoms with E-state index >= 15 is 0 Å². The van der Waals surface area contributed by atoms with Crippen LogP contribution in [0.1, 0.15) is 37.8 Å². The number of piperidine rings is 1. The molecule has 0 bridgehead atoms. The minimum Gasteiger partial charge on any atom is -0.326 e. The molecule has 1 heterocycles. The van der Waals surface area contributed by atoms with Crippen molar-refractivity contribution in [2.75, 3.05) is 13.1 Å². The van der Waals surface area contributed by atoms with E-state index in [-0.39, 0.29) is 22.9 Å². The van der Waals surface area contributed by atoms with Gasteiger partial charge in [-0.05, 0) is 38.4 Å². The molecule has 0 saturated carbocycles. The third kappa shape index (κ3) is 2.68. The Morgan fingerprint density at radius 1 is 1.50 bits per heavy atom. The van der Waals surface area contributed by atoms with E-state index in [4.69, 9.17) is 17.3 Å². The minimum atomic E-state index is -0.317. The van der Waals surface area contributed by atoms with Gasteiger partial charge >= 0.3 is 0 Å². The zero-order valence-corrected chi connectivity index (χ0v) is 11.5. The molecule has 0 aromatic heterocycles. The van der Waals surface area contributed by atoms with Crippen LogP contribution in [0.15, 0.2) is 18.2 Å². The topological polar surface area (TPSA) is 29.3 Å². The lowest BCUT2D eigenvalue weighted by Gasteiger charge is -2.40. The highest BCUT2D eigenvalue weighted by atomic mass is 35.5. The van der Waals surface area contributed by atoms with Crippen molar-refractivity contribution in [3.63, 3.8) is 0 Å². The first-order valence-corrected chi connectivity index (χ1v) is 6.96. The summed E-state index contributed by atoms with van der Waals surface area (Å²) in [6.45, 7) is 4.06. The minimum absolute atomic E-state index is 0.0155. The molecule has 2 N–H and O–H groups in total. The van der Waals surface area contributed by atoms with Gasteiger partial charge in [-0.25, -0.2) is 4.39 Å². The van der Waals surface area contributed by atoms with Gasteiger partial charge in [-0.2, -0.15) is 0 Å². The second-order valence-electron chi connectivity index (χ2n) is 4.93. The Kier molecular flexibility index (Phi) is 4.60. The Morgan fingerprint density at radius 2 is 2.28 bits per heavy atom. The van der Waals surface area contributed by atoms with Crippen molar-refractivity contribution in [3.8, 4) is 0 Å². The molecule has 2 nitrogen and oxygen atoms in total. The normalized spacial score (nSPS) is 25.3. The Balaban J connectivity index is 2.34. The van der Waals surface area contributed by atoms with Crippen molar-refractivity contribution in [1.82, 2.24) is 4.90 Å². The molecule has 1 aliphatic rings. The number of nitrogens with two attached hydrogens (primary N) is 1. The van der Waals surface area contributed by atoms with E-state index in [1.165, 1.54) is 0 Å². The summed E-state index contributed by atoms with van der Waals surface area (Å²) in [7, 11) is 0. The van der Waals surface area contributed by atoms with Crippen molar-refractivity contribution < 1.29 is 4.39 Å². The van der Waals surface area contributed by atoms with Crippen LogP contribution in [0.25, 0.3) is 0 Å². The zero-order valence-electron chi connectivity index (χ0n) is 10.7. The molecule has 0 spiro atoms. The van der Waals surface area contributed by atoms with Gasteiger partial charge in [0.2, 0.25) is 0 Å². The Hall–Kier alpha value is -0.640. The molecule has 2 rings (SSSR count). The van der Waals surface area contributed by atoms with Gasteiger partial charge in [0.25, 0.3) is 0 Å². The lowest BCUT2D eigenvalue weighted by Crippen LogP contribution is -2.46. The maximum atomic E-state index is 14.2. The molecule has 100 valence electrons. The summed E-state index contributed by atoms with van der Waals surface area (Å²) in [6.07, 6.45) is 3.07. The number of likely N-dealkylation sites (tertiary alicyclic amines) is 1. The summed E-state index contributed by atoms with van der Waals surface area (Å²) in [4.78, 5) is 2.28. The average molecular weight is 271 g/mol. The van der Waals surface area contributed by atoms with Gasteiger partial charge in [0.05, 0.1) is 11.1 Å². The number of nitrogens with zero attached hydrogens (tertiary/aromatic N) is 1. The smallest absolute Gasteiger partial charge is 0.146 e. The third-order valence-corrected chi connectivity index (χ3v) is 3.88. The van der Waals surface area contributed by atoms with Gasteiger partial charge in [0.1, 0.15) is 5.82 Å². The van der Waals surface area contributed by atoms with Crippen molar-refractivity contribution in [2.45, 2.75) is 38.3 Å². The van der Waals surface area contributed by atoms with Crippen molar-refractivity contribution in [3.05, 3.63) is 34.6 Å². The maximum Gasteiger partial charge on any atom is 0.146 e. The van der Waals surface area contributed by atoms with Gasteiger partial charge in [0, 0.05) is 11.6 Å². The predicted octanol–water partition coefficient (Wildman–Crippen LogP) is 3.35. The average Bonchev–Trinajstić information content (AvgIpc) is 2.34. The quantitative estimate of drug-likeness (QED) is 0.913. The van der Waals surface area contributed by atoms with E-state index in [2.05, 4.69) is 11.8 Å². The van der Waals surface area contributed by atoms with E-state index in [9.17, 15) is 4.39 Å². The molecule has 1 aromatic carbocycles. The highest BCUT2D eigenvalue weighted by molar-refractivity contribution is 6.30. The first-order valence-electron chi connectivity index (χ1n) is 6.58. The first kappa shape index (κ1) is 13.8. The summed E-state index contributed by atoms with van der Waals surface area (Å²) in [6, 6.07) is 5.13. The molecule has 1 aliphatic heterocycles. The Morgan fingerprint density at radius 3 is 3.00 bits per heavy atom. The van der Waals surface area contributed by atoms with E-state index in [0.717, 1.165) is 32.4 Å². The van der Waals surface area contributed by atoms with Gasteiger partial charge in [-0.15, -0.1) is 0 Å². The fourth-order valence-electron chi connectivity index (χ4n) is 2.81. The molecule has 18 heavy (non-hydrogen) atoms. The van der Waals surface area contributed by atoms with Crippen LogP contribution in [0.3, 0.4) is 0 Å². The fourth-order valence-corrected chi connectivity index (χ4v) is 2.99. The van der Waals surface area contributed by atoms with E-state index in [1.807, 2.05) is 0 Å². The van der Waals surface area contributed by atoms with Gasteiger partial charge in [-0.1, -0.05) is 30.7 Å². The summed E-state index contributed by atoms with van der Waals surface area (Å²) in [5.41, 5.74) is 6.84. The van der Waals surface area contributed by atoms with Gasteiger partial charge in [0.15, 0.2) is 0 Å². The molecule has 0 radical (unpaired) electrons. The summed E-state index contributed by atoms with van der Waals surface area (Å²) in [5, 5.41) is 0.182. The molecule has 0 amide bonds. The summed E-state index contributed by atoms with van der Waals surface area (Å²) in [5.74, 6) is -0.317. The predicted molar refractivity (Wildman–Crippen MR) is 73.2 cm³/mol. The standard InChI is InChI=1S/C14H20ClFN2/c1-2-8-18-9-4-7-12(17)14(18)10-5-3-6-11(15)13(10)16/h3,5-6,12,14H,2,4,7-9,17H2,1H3. The second kappa shape index (κ2) is 6.00. The lowest BCUT2D eigenvalue weighted by atomic mass is 9.90. The van der Waals surface area contributed by atoms with Crippen LogP contribution in [-0.4, -0.2) is 24.0 Å². The van der Waals surface area contributed by atoms with Gasteiger partial charge in [-0.3, -0.25) is 4.90 Å². The zero-order chi connectivity index (χ0) is 13.1. The van der Waals surface area contributed by atoms with Gasteiger partial charge < -0.3 is 5.73 Å². The molecule has 1 fully saturated rings. The van der Waals surface area contributed by atoms with Crippen molar-refractivity contribution in [2.24, 2.45) is 5.73 Å². The van der Waals surface area contributed by atoms with Crippen molar-refractivity contribution in [1.29, 1.82) is 0 Å². The van der Waals surface area contributed by atoms with Crippen LogP contribution in [-0.2, 0) is 0 Å². The first-order chi connectivity index (χ1) is 8.65. The maximum absolute atomic E-state index is 14.2. The molecular weight excluding hydrogens is 251 g/mol. The fraction of sp³-hybridized carbons (Fsp3) is 0.571.